The third-order valence-corrected chi connectivity index (χ3v) is 4.84. The van der Waals surface area contributed by atoms with Crippen LogP contribution in [0.15, 0.2) is 48.5 Å². The molecule has 3 rings (SSSR count). The van der Waals surface area contributed by atoms with E-state index in [1.54, 1.807) is 23.9 Å². The first-order valence-corrected chi connectivity index (χ1v) is 11.4. The van der Waals surface area contributed by atoms with E-state index in [-0.39, 0.29) is 36.3 Å². The number of nitrogens with zero attached hydrogens (tertiary/aromatic N) is 3. The summed E-state index contributed by atoms with van der Waals surface area (Å²) in [5.74, 6) is 1.68. The summed E-state index contributed by atoms with van der Waals surface area (Å²) >= 11 is 0. The molecule has 0 saturated carbocycles. The molecule has 0 aliphatic rings. The summed E-state index contributed by atoms with van der Waals surface area (Å²) in [5.41, 5.74) is 1.16. The molecule has 2 aromatic carbocycles. The van der Waals surface area contributed by atoms with Gasteiger partial charge in [-0.3, -0.25) is 4.79 Å². The Bertz CT molecular complexity index is 1150. The van der Waals surface area contributed by atoms with Crippen molar-refractivity contribution in [1.82, 2.24) is 20.1 Å². The molecule has 9 heteroatoms. The van der Waals surface area contributed by atoms with Crippen LogP contribution in [0.25, 0.3) is 17.1 Å². The second-order valence-corrected chi connectivity index (χ2v) is 9.27. The van der Waals surface area contributed by atoms with Crippen molar-refractivity contribution in [2.75, 3.05) is 20.3 Å². The van der Waals surface area contributed by atoms with E-state index >= 15 is 0 Å². The Balaban J connectivity index is 1.74. The van der Waals surface area contributed by atoms with Gasteiger partial charge in [-0.05, 0) is 69.3 Å². The van der Waals surface area contributed by atoms with Gasteiger partial charge in [0, 0.05) is 17.0 Å². The second kappa shape index (κ2) is 11.0. The predicted octanol–water partition coefficient (Wildman–Crippen LogP) is 4.69. The van der Waals surface area contributed by atoms with E-state index in [0.717, 1.165) is 17.0 Å². The molecule has 0 fully saturated rings. The van der Waals surface area contributed by atoms with Crippen molar-refractivity contribution < 1.29 is 23.8 Å². The van der Waals surface area contributed by atoms with Crippen molar-refractivity contribution in [2.45, 2.75) is 40.2 Å². The quantitative estimate of drug-likeness (QED) is 0.350. The van der Waals surface area contributed by atoms with Crippen LogP contribution in [-0.2, 0) is 4.74 Å². The molecule has 0 saturated heterocycles. The number of amides is 1. The minimum Gasteiger partial charge on any atom is -0.497 e. The zero-order valence-corrected chi connectivity index (χ0v) is 21.0. The standard InChI is InChI=1S/C26H32N4O5/c1-17(2)22(31)23-27-24(30(29-23)19-9-13-20(33-6)14-10-19)18-7-11-21(12-8-18)34-15-16-35-25(32)28-26(3,4)5/h7-14,17H,15-16H2,1-6H3,(H,28,32). The molecule has 186 valence electrons. The number of Topliss-reactive ketones (excluding diaryl/α,β-unsaturated/α-hetero) is 1. The molecule has 1 amide bonds. The fourth-order valence-electron chi connectivity index (χ4n) is 3.10. The Morgan fingerprint density at radius 2 is 1.60 bits per heavy atom. The van der Waals surface area contributed by atoms with Crippen LogP contribution in [0.5, 0.6) is 11.5 Å². The van der Waals surface area contributed by atoms with Crippen molar-refractivity contribution in [3.63, 3.8) is 0 Å². The minimum atomic E-state index is -0.485. The number of nitrogens with one attached hydrogen (secondary N) is 1. The maximum atomic E-state index is 12.6. The van der Waals surface area contributed by atoms with Crippen molar-refractivity contribution in [2.24, 2.45) is 5.92 Å². The van der Waals surface area contributed by atoms with Gasteiger partial charge in [0.05, 0.1) is 12.8 Å². The van der Waals surface area contributed by atoms with Crippen LogP contribution < -0.4 is 14.8 Å². The molecular formula is C26H32N4O5. The summed E-state index contributed by atoms with van der Waals surface area (Å²) in [7, 11) is 1.60. The van der Waals surface area contributed by atoms with Crippen LogP contribution in [0.2, 0.25) is 0 Å². The number of benzene rings is 2. The summed E-state index contributed by atoms with van der Waals surface area (Å²) in [6, 6.07) is 14.6. The van der Waals surface area contributed by atoms with E-state index in [4.69, 9.17) is 14.2 Å². The third kappa shape index (κ3) is 7.05. The first-order valence-electron chi connectivity index (χ1n) is 11.4. The Morgan fingerprint density at radius 3 is 2.17 bits per heavy atom. The Kier molecular flexibility index (Phi) is 8.11. The molecule has 0 atom stereocenters. The van der Waals surface area contributed by atoms with Crippen LogP contribution in [-0.4, -0.2) is 52.5 Å². The third-order valence-electron chi connectivity index (χ3n) is 4.84. The van der Waals surface area contributed by atoms with Crippen LogP contribution in [0.1, 0.15) is 45.2 Å². The molecule has 0 spiro atoms. The molecule has 0 bridgehead atoms. The molecule has 35 heavy (non-hydrogen) atoms. The van der Waals surface area contributed by atoms with Gasteiger partial charge >= 0.3 is 6.09 Å². The van der Waals surface area contributed by atoms with E-state index in [2.05, 4.69) is 15.4 Å². The summed E-state index contributed by atoms with van der Waals surface area (Å²) in [6.07, 6.45) is -0.485. The van der Waals surface area contributed by atoms with E-state index in [0.29, 0.717) is 11.6 Å². The van der Waals surface area contributed by atoms with Crippen LogP contribution >= 0.6 is 0 Å². The van der Waals surface area contributed by atoms with Gasteiger partial charge in [-0.25, -0.2) is 14.5 Å². The number of hydrogen-bond acceptors (Lipinski definition) is 7. The Labute approximate surface area is 205 Å². The van der Waals surface area contributed by atoms with Crippen molar-refractivity contribution in [1.29, 1.82) is 0 Å². The van der Waals surface area contributed by atoms with Gasteiger partial charge in [0.25, 0.3) is 0 Å². The molecule has 1 aromatic heterocycles. The highest BCUT2D eigenvalue weighted by atomic mass is 16.6. The van der Waals surface area contributed by atoms with Gasteiger partial charge in [0.2, 0.25) is 11.6 Å². The Morgan fingerprint density at radius 1 is 0.971 bits per heavy atom. The summed E-state index contributed by atoms with van der Waals surface area (Å²) in [5, 5.41) is 7.21. The number of ether oxygens (including phenoxy) is 3. The monoisotopic (exact) mass is 480 g/mol. The number of rotatable bonds is 9. The van der Waals surface area contributed by atoms with Gasteiger partial charge in [0.1, 0.15) is 24.7 Å². The number of carbonyl (C=O) groups excluding carboxylic acids is 2. The lowest BCUT2D eigenvalue weighted by Gasteiger charge is -2.19. The molecular weight excluding hydrogens is 448 g/mol. The van der Waals surface area contributed by atoms with E-state index < -0.39 is 6.09 Å². The number of ketones is 1. The summed E-state index contributed by atoms with van der Waals surface area (Å²) in [6.45, 7) is 9.61. The molecule has 3 aromatic rings. The van der Waals surface area contributed by atoms with Crippen molar-refractivity contribution >= 4 is 11.9 Å². The average molecular weight is 481 g/mol. The lowest BCUT2D eigenvalue weighted by molar-refractivity contribution is 0.0929. The maximum absolute atomic E-state index is 12.6. The molecule has 0 radical (unpaired) electrons. The molecule has 0 aliphatic carbocycles. The minimum absolute atomic E-state index is 0.121. The summed E-state index contributed by atoms with van der Waals surface area (Å²) in [4.78, 5) is 28.8. The molecule has 0 unspecified atom stereocenters. The second-order valence-electron chi connectivity index (χ2n) is 9.27. The van der Waals surface area contributed by atoms with Crippen LogP contribution in [0.3, 0.4) is 0 Å². The largest absolute Gasteiger partial charge is 0.497 e. The topological polar surface area (TPSA) is 105 Å². The van der Waals surface area contributed by atoms with Gasteiger partial charge in [-0.1, -0.05) is 13.8 Å². The number of alkyl carbamates (subject to hydrolysis) is 1. The first kappa shape index (κ1) is 25.7. The SMILES string of the molecule is COc1ccc(-n2nc(C(=O)C(C)C)nc2-c2ccc(OCCOC(=O)NC(C)(C)C)cc2)cc1. The maximum Gasteiger partial charge on any atom is 0.407 e. The number of methoxy groups -OCH3 is 1. The van der Waals surface area contributed by atoms with E-state index in [9.17, 15) is 9.59 Å². The molecule has 0 aliphatic heterocycles. The molecule has 1 N–H and O–H groups in total. The highest BCUT2D eigenvalue weighted by molar-refractivity contribution is 5.94. The highest BCUT2D eigenvalue weighted by Gasteiger charge is 2.21. The molecule has 9 nitrogen and oxygen atoms in total. The smallest absolute Gasteiger partial charge is 0.407 e. The van der Waals surface area contributed by atoms with Gasteiger partial charge in [0.15, 0.2) is 5.82 Å². The number of aromatic nitrogens is 3. The van der Waals surface area contributed by atoms with Gasteiger partial charge in [-0.2, -0.15) is 0 Å². The van der Waals surface area contributed by atoms with Gasteiger partial charge < -0.3 is 19.5 Å². The highest BCUT2D eigenvalue weighted by Crippen LogP contribution is 2.25. The van der Waals surface area contributed by atoms with Gasteiger partial charge in [-0.15, -0.1) is 5.10 Å². The zero-order valence-electron chi connectivity index (χ0n) is 21.0. The fourth-order valence-corrected chi connectivity index (χ4v) is 3.10. The Hall–Kier alpha value is -3.88. The molecule has 1 heterocycles. The summed E-state index contributed by atoms with van der Waals surface area (Å²) < 4.78 is 17.7. The van der Waals surface area contributed by atoms with E-state index in [1.165, 1.54) is 0 Å². The fraction of sp³-hybridized carbons (Fsp3) is 0.385. The first-order chi connectivity index (χ1) is 16.6. The number of carbonyl (C=O) groups is 2. The predicted molar refractivity (Wildman–Crippen MR) is 132 cm³/mol. The van der Waals surface area contributed by atoms with Crippen LogP contribution in [0, 0.1) is 5.92 Å². The number of hydrogen-bond donors (Lipinski definition) is 1. The zero-order chi connectivity index (χ0) is 25.6. The lowest BCUT2D eigenvalue weighted by atomic mass is 10.1. The average Bonchev–Trinajstić information content (AvgIpc) is 3.26. The normalized spacial score (nSPS) is 11.3. The van der Waals surface area contributed by atoms with Crippen molar-refractivity contribution in [3.05, 3.63) is 54.4 Å². The van der Waals surface area contributed by atoms with E-state index in [1.807, 2.05) is 71.0 Å². The van der Waals surface area contributed by atoms with Crippen molar-refractivity contribution in [3.8, 4) is 28.6 Å². The lowest BCUT2D eigenvalue weighted by Crippen LogP contribution is -2.41. The van der Waals surface area contributed by atoms with Crippen LogP contribution in [0.4, 0.5) is 4.79 Å².